The normalized spacial score (nSPS) is 10.2. The van der Waals surface area contributed by atoms with Gasteiger partial charge < -0.3 is 15.8 Å². The van der Waals surface area contributed by atoms with Crippen molar-refractivity contribution in [2.45, 2.75) is 0 Å². The van der Waals surface area contributed by atoms with E-state index in [-0.39, 0.29) is 27.6 Å². The average molecular weight is 368 g/mol. The van der Waals surface area contributed by atoms with E-state index in [0.29, 0.717) is 0 Å². The summed E-state index contributed by atoms with van der Waals surface area (Å²) < 4.78 is 18.3. The number of carbonyl (C=O) groups is 2. The number of esters is 1. The van der Waals surface area contributed by atoms with Crippen molar-refractivity contribution in [1.82, 2.24) is 0 Å². The minimum atomic E-state index is -0.950. The monoisotopic (exact) mass is 367 g/mol. The summed E-state index contributed by atoms with van der Waals surface area (Å²) in [6.45, 7) is -0.707. The fourth-order valence-corrected chi connectivity index (χ4v) is 2.01. The molecule has 0 unspecified atom stereocenters. The lowest BCUT2D eigenvalue weighted by Gasteiger charge is -2.09. The number of nitrogens with two attached hydrogens (primary N) is 1. The summed E-state index contributed by atoms with van der Waals surface area (Å²) in [5, 5.41) is 13.0. The number of nitrogens with one attached hydrogen (secondary N) is 1. The van der Waals surface area contributed by atoms with E-state index >= 15 is 0 Å². The third-order valence-electron chi connectivity index (χ3n) is 3.00. The first-order valence-electron chi connectivity index (χ1n) is 6.74. The number of nitrogens with zero attached hydrogens (tertiary/aromatic N) is 1. The Bertz CT molecular complexity index is 859. The van der Waals surface area contributed by atoms with Gasteiger partial charge in [0.2, 0.25) is 0 Å². The molecule has 0 aliphatic rings. The molecule has 10 heteroatoms. The number of nitrogen functional groups attached to an aromatic ring is 1. The number of non-ortho nitro benzene ring substituents is 1. The van der Waals surface area contributed by atoms with Crippen LogP contribution in [0, 0.1) is 15.9 Å². The number of hydrogen-bond acceptors (Lipinski definition) is 6. The Morgan fingerprint density at radius 3 is 2.64 bits per heavy atom. The predicted molar refractivity (Wildman–Crippen MR) is 87.8 cm³/mol. The minimum Gasteiger partial charge on any atom is -0.452 e. The first-order chi connectivity index (χ1) is 11.8. The molecule has 3 N–H and O–H groups in total. The Balaban J connectivity index is 1.98. The topological polar surface area (TPSA) is 125 Å². The quantitative estimate of drug-likeness (QED) is 0.362. The summed E-state index contributed by atoms with van der Waals surface area (Å²) in [6.07, 6.45) is 0. The summed E-state index contributed by atoms with van der Waals surface area (Å²) in [7, 11) is 0. The lowest BCUT2D eigenvalue weighted by atomic mass is 10.1. The van der Waals surface area contributed by atoms with Gasteiger partial charge in [0.25, 0.3) is 11.6 Å². The molecule has 0 atom stereocenters. The third kappa shape index (κ3) is 4.64. The first kappa shape index (κ1) is 18.1. The molecule has 2 aromatic rings. The summed E-state index contributed by atoms with van der Waals surface area (Å²) in [6, 6.07) is 6.77. The molecule has 0 saturated heterocycles. The number of amides is 1. The molecule has 0 spiro atoms. The van der Waals surface area contributed by atoms with Crippen molar-refractivity contribution in [3.8, 4) is 0 Å². The van der Waals surface area contributed by atoms with Crippen LogP contribution in [0.25, 0.3) is 0 Å². The highest BCUT2D eigenvalue weighted by molar-refractivity contribution is 6.30. The van der Waals surface area contributed by atoms with E-state index in [1.807, 2.05) is 0 Å². The highest BCUT2D eigenvalue weighted by Gasteiger charge is 2.17. The Kier molecular flexibility index (Phi) is 5.50. The number of hydrogen-bond donors (Lipinski definition) is 2. The maximum atomic E-state index is 13.5. The molecule has 1 amide bonds. The van der Waals surface area contributed by atoms with Crippen molar-refractivity contribution in [2.75, 3.05) is 17.7 Å². The average Bonchev–Trinajstić information content (AvgIpc) is 2.55. The molecule has 8 nitrogen and oxygen atoms in total. The Hall–Kier alpha value is -3.20. The van der Waals surface area contributed by atoms with Crippen LogP contribution in [0.2, 0.25) is 5.02 Å². The van der Waals surface area contributed by atoms with Crippen molar-refractivity contribution < 1.29 is 23.6 Å². The molecule has 2 rings (SSSR count). The second kappa shape index (κ2) is 7.58. The van der Waals surface area contributed by atoms with Gasteiger partial charge in [-0.3, -0.25) is 14.9 Å². The zero-order valence-electron chi connectivity index (χ0n) is 12.5. The summed E-state index contributed by atoms with van der Waals surface area (Å²) in [5.74, 6) is -2.45. The molecule has 0 fully saturated rings. The van der Waals surface area contributed by atoms with Gasteiger partial charge >= 0.3 is 5.97 Å². The van der Waals surface area contributed by atoms with Gasteiger partial charge in [0.1, 0.15) is 5.82 Å². The van der Waals surface area contributed by atoms with Crippen LogP contribution in [0.4, 0.5) is 21.5 Å². The van der Waals surface area contributed by atoms with E-state index in [4.69, 9.17) is 22.1 Å². The summed E-state index contributed by atoms with van der Waals surface area (Å²) >= 11 is 5.70. The number of anilines is 2. The van der Waals surface area contributed by atoms with Crippen LogP contribution in [0.1, 0.15) is 10.4 Å². The number of halogens is 2. The van der Waals surface area contributed by atoms with E-state index in [9.17, 15) is 24.1 Å². The van der Waals surface area contributed by atoms with Crippen LogP contribution < -0.4 is 11.1 Å². The van der Waals surface area contributed by atoms with Crippen molar-refractivity contribution >= 4 is 40.5 Å². The maximum Gasteiger partial charge on any atom is 0.340 e. The zero-order chi connectivity index (χ0) is 18.6. The SMILES string of the molecule is Nc1cc([N+](=O)[O-])ccc1C(=O)OCC(=O)Nc1cc(Cl)ccc1F. The maximum absolute atomic E-state index is 13.5. The van der Waals surface area contributed by atoms with E-state index in [1.54, 1.807) is 0 Å². The summed E-state index contributed by atoms with van der Waals surface area (Å²) in [5.41, 5.74) is 4.81. The second-order valence-electron chi connectivity index (χ2n) is 4.78. The van der Waals surface area contributed by atoms with E-state index in [1.165, 1.54) is 12.1 Å². The molecule has 2 aromatic carbocycles. The van der Waals surface area contributed by atoms with Crippen molar-refractivity contribution in [2.24, 2.45) is 0 Å². The van der Waals surface area contributed by atoms with E-state index in [2.05, 4.69) is 5.32 Å². The molecule has 0 aliphatic heterocycles. The number of ether oxygens (including phenoxy) is 1. The van der Waals surface area contributed by atoms with E-state index < -0.39 is 29.2 Å². The second-order valence-corrected chi connectivity index (χ2v) is 5.21. The molecule has 130 valence electrons. The predicted octanol–water partition coefficient (Wildman–Crippen LogP) is 2.77. The van der Waals surface area contributed by atoms with E-state index in [0.717, 1.165) is 24.3 Å². The lowest BCUT2D eigenvalue weighted by Crippen LogP contribution is -2.22. The van der Waals surface area contributed by atoms with Gasteiger partial charge in [-0.05, 0) is 24.3 Å². The molecule has 0 radical (unpaired) electrons. The smallest absolute Gasteiger partial charge is 0.340 e. The molecule has 0 heterocycles. The lowest BCUT2D eigenvalue weighted by molar-refractivity contribution is -0.384. The fraction of sp³-hybridized carbons (Fsp3) is 0.0667. The van der Waals surface area contributed by atoms with Crippen molar-refractivity contribution in [3.05, 3.63) is 62.9 Å². The highest BCUT2D eigenvalue weighted by atomic mass is 35.5. The number of carbonyl (C=O) groups excluding carboxylic acids is 2. The van der Waals surface area contributed by atoms with Crippen LogP contribution in [0.15, 0.2) is 36.4 Å². The van der Waals surface area contributed by atoms with Gasteiger partial charge in [-0.2, -0.15) is 0 Å². The molecular formula is C15H11ClFN3O5. The number of nitro benzene ring substituents is 1. The van der Waals surface area contributed by atoms with Gasteiger partial charge in [0.05, 0.1) is 21.9 Å². The van der Waals surface area contributed by atoms with Crippen LogP contribution >= 0.6 is 11.6 Å². The van der Waals surface area contributed by atoms with Crippen molar-refractivity contribution in [3.63, 3.8) is 0 Å². The Labute approximate surface area is 145 Å². The van der Waals surface area contributed by atoms with Gasteiger partial charge in [-0.25, -0.2) is 9.18 Å². The Morgan fingerprint density at radius 2 is 2.00 bits per heavy atom. The Morgan fingerprint density at radius 1 is 1.28 bits per heavy atom. The summed E-state index contributed by atoms with van der Waals surface area (Å²) in [4.78, 5) is 33.5. The van der Waals surface area contributed by atoms with Crippen LogP contribution in [-0.2, 0) is 9.53 Å². The van der Waals surface area contributed by atoms with Crippen LogP contribution in [-0.4, -0.2) is 23.4 Å². The van der Waals surface area contributed by atoms with Gasteiger partial charge in [-0.1, -0.05) is 11.6 Å². The molecular weight excluding hydrogens is 357 g/mol. The number of rotatable bonds is 5. The number of nitro groups is 1. The highest BCUT2D eigenvalue weighted by Crippen LogP contribution is 2.21. The molecule has 25 heavy (non-hydrogen) atoms. The largest absolute Gasteiger partial charge is 0.452 e. The third-order valence-corrected chi connectivity index (χ3v) is 3.24. The molecule has 0 saturated carbocycles. The molecule has 0 bridgehead atoms. The minimum absolute atomic E-state index is 0.132. The fourth-order valence-electron chi connectivity index (χ4n) is 1.84. The van der Waals surface area contributed by atoms with Crippen LogP contribution in [0.5, 0.6) is 0 Å². The zero-order valence-corrected chi connectivity index (χ0v) is 13.2. The molecule has 0 aliphatic carbocycles. The molecule has 0 aromatic heterocycles. The van der Waals surface area contributed by atoms with Gasteiger partial charge in [0, 0.05) is 17.2 Å². The van der Waals surface area contributed by atoms with Gasteiger partial charge in [0.15, 0.2) is 6.61 Å². The van der Waals surface area contributed by atoms with Gasteiger partial charge in [-0.15, -0.1) is 0 Å². The number of benzene rings is 2. The first-order valence-corrected chi connectivity index (χ1v) is 7.11. The standard InChI is InChI=1S/C15H11ClFN3O5/c16-8-1-4-11(17)13(5-8)19-14(21)7-25-15(22)10-3-2-9(20(23)24)6-12(10)18/h1-6H,7,18H2,(H,19,21). The van der Waals surface area contributed by atoms with Crippen molar-refractivity contribution in [1.29, 1.82) is 0 Å². The van der Waals surface area contributed by atoms with Crippen LogP contribution in [0.3, 0.4) is 0 Å².